The molecule has 2 aromatic rings. The van der Waals surface area contributed by atoms with Crippen LogP contribution in [-0.4, -0.2) is 25.3 Å². The van der Waals surface area contributed by atoms with Crippen LogP contribution in [0.1, 0.15) is 10.4 Å². The fourth-order valence-corrected chi connectivity index (χ4v) is 3.91. The van der Waals surface area contributed by atoms with Crippen LogP contribution >= 0.6 is 0 Å². The van der Waals surface area contributed by atoms with Crippen LogP contribution in [0.25, 0.3) is 0 Å². The summed E-state index contributed by atoms with van der Waals surface area (Å²) in [5, 5.41) is 0.287. The second-order valence-electron chi connectivity index (χ2n) is 3.67. The molecule has 0 bridgehead atoms. The van der Waals surface area contributed by atoms with Crippen LogP contribution in [0.4, 0.5) is 0 Å². The van der Waals surface area contributed by atoms with Crippen LogP contribution in [-0.2, 0) is 14.3 Å². The molecule has 0 heterocycles. The molecule has 2 aromatic carbocycles. The summed E-state index contributed by atoms with van der Waals surface area (Å²) < 4.78 is 17.0. The predicted molar refractivity (Wildman–Crippen MR) is 75.3 cm³/mol. The molecule has 0 fully saturated rings. The van der Waals surface area contributed by atoms with Gasteiger partial charge >= 0.3 is 121 Å². The number of ketones is 1. The van der Waals surface area contributed by atoms with Gasteiger partial charge in [-0.1, -0.05) is 0 Å². The van der Waals surface area contributed by atoms with Gasteiger partial charge in [-0.05, 0) is 0 Å². The maximum atomic E-state index is 11.8. The van der Waals surface area contributed by atoms with E-state index in [4.69, 9.17) is 3.27 Å². The van der Waals surface area contributed by atoms with E-state index < -0.39 is 26.4 Å². The van der Waals surface area contributed by atoms with Crippen molar-refractivity contribution in [2.24, 2.45) is 0 Å². The zero-order valence-electron chi connectivity index (χ0n) is 10.0. The Morgan fingerprint density at radius 1 is 1.00 bits per heavy atom. The molecule has 19 heavy (non-hydrogen) atoms. The van der Waals surface area contributed by atoms with Gasteiger partial charge < -0.3 is 0 Å². The Balaban J connectivity index is 1.81. The van der Waals surface area contributed by atoms with Crippen molar-refractivity contribution >= 4 is 32.2 Å². The molecule has 3 nitrogen and oxygen atoms in total. The number of benzene rings is 2. The molecule has 0 radical (unpaired) electrons. The third-order valence-corrected chi connectivity index (χ3v) is 5.39. The van der Waals surface area contributed by atoms with Crippen LogP contribution in [0.3, 0.4) is 0 Å². The fraction of sp³-hybridized carbons (Fsp3) is 0.0714. The molecule has 5 heteroatoms. The van der Waals surface area contributed by atoms with E-state index in [-0.39, 0.29) is 11.1 Å². The van der Waals surface area contributed by atoms with Crippen LogP contribution in [0.5, 0.6) is 0 Å². The van der Waals surface area contributed by atoms with E-state index in [2.05, 4.69) is 0 Å². The van der Waals surface area contributed by atoms with Gasteiger partial charge in [-0.25, -0.2) is 0 Å². The number of rotatable bonds is 6. The van der Waals surface area contributed by atoms with Gasteiger partial charge in [0.25, 0.3) is 0 Å². The molecule has 1 atom stereocenters. The van der Waals surface area contributed by atoms with E-state index in [9.17, 15) is 9.00 Å². The van der Waals surface area contributed by atoms with Gasteiger partial charge in [-0.15, -0.1) is 0 Å². The summed E-state index contributed by atoms with van der Waals surface area (Å²) in [6, 6.07) is 18.0. The average molecular weight is 339 g/mol. The van der Waals surface area contributed by atoms with Crippen LogP contribution in [0.2, 0.25) is 5.32 Å². The summed E-state index contributed by atoms with van der Waals surface area (Å²) in [7, 11) is 0. The summed E-state index contributed by atoms with van der Waals surface area (Å²) in [6.45, 7) is 0. The molecule has 0 aliphatic heterocycles. The number of hydrogen-bond donors (Lipinski definition) is 0. The fourth-order valence-electron chi connectivity index (χ4n) is 1.40. The van der Waals surface area contributed by atoms with E-state index in [0.29, 0.717) is 10.5 Å². The summed E-state index contributed by atoms with van der Waals surface area (Å²) >= 11 is -1.90. The summed E-state index contributed by atoms with van der Waals surface area (Å²) in [6.07, 6.45) is 0. The number of hydrogen-bond acceptors (Lipinski definition) is 3. The molecule has 0 saturated heterocycles. The topological polar surface area (TPSA) is 43.4 Å². The van der Waals surface area contributed by atoms with Crippen molar-refractivity contribution in [2.75, 3.05) is 0 Å². The maximum absolute atomic E-state index is 11.8. The van der Waals surface area contributed by atoms with E-state index >= 15 is 0 Å². The van der Waals surface area contributed by atoms with E-state index in [0.717, 1.165) is 0 Å². The van der Waals surface area contributed by atoms with Gasteiger partial charge in [-0.3, -0.25) is 0 Å². The summed E-state index contributed by atoms with van der Waals surface area (Å²) in [5.74, 6) is 0.0191. The SMILES string of the molecule is O=C(C[Se]OS(=O)c1ccccc1)c1ccccc1. The van der Waals surface area contributed by atoms with E-state index in [1.807, 2.05) is 24.3 Å². The van der Waals surface area contributed by atoms with E-state index in [1.165, 1.54) is 0 Å². The first-order chi connectivity index (χ1) is 9.27. The number of carbonyl (C=O) groups excluding carboxylic acids is 1. The Hall–Kier alpha value is -1.26. The summed E-state index contributed by atoms with van der Waals surface area (Å²) in [5.41, 5.74) is 0.665. The van der Waals surface area contributed by atoms with Crippen molar-refractivity contribution in [3.63, 3.8) is 0 Å². The molecule has 1 unspecified atom stereocenters. The van der Waals surface area contributed by atoms with Gasteiger partial charge in [0.2, 0.25) is 0 Å². The third-order valence-electron chi connectivity index (χ3n) is 2.33. The van der Waals surface area contributed by atoms with E-state index in [1.54, 1.807) is 36.4 Å². The first-order valence-electron chi connectivity index (χ1n) is 5.62. The van der Waals surface area contributed by atoms with Crippen molar-refractivity contribution < 1.29 is 12.3 Å². The van der Waals surface area contributed by atoms with Crippen molar-refractivity contribution in [1.29, 1.82) is 0 Å². The molecule has 2 rings (SSSR count). The molecule has 0 spiro atoms. The Labute approximate surface area is 121 Å². The van der Waals surface area contributed by atoms with Gasteiger partial charge in [0, 0.05) is 0 Å². The first-order valence-corrected chi connectivity index (χ1v) is 8.61. The zero-order chi connectivity index (χ0) is 13.5. The third kappa shape index (κ3) is 4.40. The minimum atomic E-state index is -1.48. The standard InChI is InChI=1S/C14H12O3SSe/c15-14(12-7-3-1-4-8-12)11-19-17-18(16)13-9-5-2-6-10-13/h1-10H,11H2. The normalized spacial score (nSPS) is 12.0. The molecular formula is C14H12O3SSe. The van der Waals surface area contributed by atoms with Crippen molar-refractivity contribution in [3.8, 4) is 0 Å². The van der Waals surface area contributed by atoms with Crippen LogP contribution < -0.4 is 0 Å². The summed E-state index contributed by atoms with van der Waals surface area (Å²) in [4.78, 5) is 12.4. The molecule has 0 aliphatic carbocycles. The quantitative estimate of drug-likeness (QED) is 0.600. The predicted octanol–water partition coefficient (Wildman–Crippen LogP) is 2.65. The molecule has 0 saturated carbocycles. The molecule has 0 N–H and O–H groups in total. The monoisotopic (exact) mass is 340 g/mol. The molecular weight excluding hydrogens is 327 g/mol. The Bertz CT molecular complexity index is 506. The van der Waals surface area contributed by atoms with Gasteiger partial charge in [0.1, 0.15) is 0 Å². The molecule has 0 amide bonds. The van der Waals surface area contributed by atoms with Crippen LogP contribution in [0, 0.1) is 0 Å². The van der Waals surface area contributed by atoms with Crippen molar-refractivity contribution in [2.45, 2.75) is 10.2 Å². The van der Waals surface area contributed by atoms with Gasteiger partial charge in [-0.2, -0.15) is 0 Å². The van der Waals surface area contributed by atoms with Gasteiger partial charge in [0.15, 0.2) is 0 Å². The molecule has 98 valence electrons. The Morgan fingerprint density at radius 3 is 2.21 bits per heavy atom. The zero-order valence-corrected chi connectivity index (χ0v) is 12.6. The minimum absolute atomic E-state index is 0.0191. The second kappa shape index (κ2) is 7.36. The number of Topliss-reactive ketones (excluding diaryl/α,β-unsaturated/α-hetero) is 1. The average Bonchev–Trinajstić information content (AvgIpc) is 2.49. The molecule has 0 aliphatic rings. The molecule has 0 aromatic heterocycles. The number of carbonyl (C=O) groups is 1. The van der Waals surface area contributed by atoms with Gasteiger partial charge in [0.05, 0.1) is 0 Å². The van der Waals surface area contributed by atoms with Crippen LogP contribution in [0.15, 0.2) is 65.6 Å². The second-order valence-corrected chi connectivity index (χ2v) is 6.70. The van der Waals surface area contributed by atoms with Crippen molar-refractivity contribution in [3.05, 3.63) is 66.2 Å². The Kier molecular flexibility index (Phi) is 5.48. The Morgan fingerprint density at radius 2 is 1.58 bits per heavy atom. The van der Waals surface area contributed by atoms with Crippen molar-refractivity contribution in [1.82, 2.24) is 0 Å². The first kappa shape index (κ1) is 14.2.